The fourth-order valence-corrected chi connectivity index (χ4v) is 5.28. The van der Waals surface area contributed by atoms with Crippen LogP contribution in [0.5, 0.6) is 17.2 Å². The highest BCUT2D eigenvalue weighted by atomic mass is 31.2. The van der Waals surface area contributed by atoms with Gasteiger partial charge in [-0.3, -0.25) is 14.6 Å². The number of phosphoric ester groups is 1. The molecule has 14 nitrogen and oxygen atoms in total. The second-order valence-electron chi connectivity index (χ2n) is 10.3. The van der Waals surface area contributed by atoms with Crippen LogP contribution in [-0.2, 0) is 18.4 Å². The summed E-state index contributed by atoms with van der Waals surface area (Å²) in [5.41, 5.74) is 3.53. The van der Waals surface area contributed by atoms with E-state index in [2.05, 4.69) is 47.5 Å². The predicted octanol–water partition coefficient (Wildman–Crippen LogP) is 6.25. The van der Waals surface area contributed by atoms with Crippen molar-refractivity contribution in [3.63, 3.8) is 0 Å². The van der Waals surface area contributed by atoms with E-state index in [1.54, 1.807) is 0 Å². The predicted molar refractivity (Wildman–Crippen MR) is 166 cm³/mol. The number of nitrogens with one attached hydrogen (secondary N) is 1. The number of aromatic hydroxyl groups is 1. The van der Waals surface area contributed by atoms with E-state index in [-0.39, 0.29) is 40.7 Å². The number of hydrogen-bond acceptors (Lipinski definition) is 11. The standard InChI is InChI=1S/C28H38N4O10P2/c1-18(2)8-5-9-19(3)10-6-11-20(4)14-15-32-23-16-21(39-43(35,36)37)17-24(33)27(23)31-26-22(28(32)34)12-7-13-25(26)40-44(38,41-29)42-30/h7-8,10,12-14,16-17,31,33H,5-6,9,11,15,29-30H2,1-4H3,(H2,35,36,37). The molecular formula is C28H38N4O10P2. The number of amides is 1. The largest absolute Gasteiger partial charge is 0.563 e. The minimum atomic E-state index is -5.01. The summed E-state index contributed by atoms with van der Waals surface area (Å²) in [6.45, 7) is 8.18. The van der Waals surface area contributed by atoms with Crippen molar-refractivity contribution >= 4 is 38.6 Å². The third-order valence-corrected chi connectivity index (χ3v) is 7.94. The molecule has 0 bridgehead atoms. The molecule has 3 rings (SSSR count). The smallest absolute Gasteiger partial charge is 0.506 e. The fraction of sp³-hybridized carbons (Fsp3) is 0.321. The number of carbonyl (C=O) groups excluding carboxylic acids is 1. The molecule has 0 radical (unpaired) electrons. The van der Waals surface area contributed by atoms with Crippen molar-refractivity contribution in [3.8, 4) is 17.2 Å². The van der Waals surface area contributed by atoms with Gasteiger partial charge < -0.3 is 24.4 Å². The third-order valence-electron chi connectivity index (χ3n) is 6.55. The van der Waals surface area contributed by atoms with Crippen LogP contribution in [0, 0.1) is 0 Å². The van der Waals surface area contributed by atoms with Crippen LogP contribution in [0.1, 0.15) is 63.7 Å². The normalized spacial score (nSPS) is 13.9. The molecule has 0 aliphatic carbocycles. The maximum absolute atomic E-state index is 14.0. The van der Waals surface area contributed by atoms with Crippen LogP contribution in [0.3, 0.4) is 0 Å². The first kappa shape index (κ1) is 35.0. The number of phenols is 1. The highest BCUT2D eigenvalue weighted by molar-refractivity contribution is 7.48. The second kappa shape index (κ2) is 15.0. The van der Waals surface area contributed by atoms with Crippen molar-refractivity contribution in [2.24, 2.45) is 11.8 Å². The molecule has 0 spiro atoms. The molecule has 1 aliphatic rings. The molecule has 0 saturated heterocycles. The molecule has 2 aromatic rings. The molecule has 44 heavy (non-hydrogen) atoms. The van der Waals surface area contributed by atoms with E-state index in [1.165, 1.54) is 40.3 Å². The summed E-state index contributed by atoms with van der Waals surface area (Å²) >= 11 is 0. The molecule has 0 unspecified atom stereocenters. The van der Waals surface area contributed by atoms with Gasteiger partial charge in [-0.05, 0) is 65.5 Å². The lowest BCUT2D eigenvalue weighted by molar-refractivity contribution is 0.0990. The van der Waals surface area contributed by atoms with E-state index >= 15 is 0 Å². The molecule has 0 fully saturated rings. The lowest BCUT2D eigenvalue weighted by Gasteiger charge is -2.23. The first-order valence-electron chi connectivity index (χ1n) is 13.5. The van der Waals surface area contributed by atoms with Gasteiger partial charge in [-0.2, -0.15) is 9.25 Å². The van der Waals surface area contributed by atoms with Gasteiger partial charge in [0.15, 0.2) is 5.75 Å². The van der Waals surface area contributed by atoms with Gasteiger partial charge in [0.05, 0.1) is 16.9 Å². The molecule has 16 heteroatoms. The van der Waals surface area contributed by atoms with Gasteiger partial charge in [-0.15, -0.1) is 0 Å². The van der Waals surface area contributed by atoms with Crippen LogP contribution < -0.4 is 31.1 Å². The first-order valence-corrected chi connectivity index (χ1v) is 16.5. The van der Waals surface area contributed by atoms with E-state index < -0.39 is 27.3 Å². The molecule has 240 valence electrons. The van der Waals surface area contributed by atoms with Gasteiger partial charge in [0.25, 0.3) is 5.91 Å². The SMILES string of the molecule is CC(C)=CCCC(C)=CCCC(C)=CCN1C(=O)c2cccc(OP(=O)(ON)ON)c2Nc2c(O)cc(OP(=O)(O)O)cc21. The van der Waals surface area contributed by atoms with Gasteiger partial charge in [0.1, 0.15) is 17.2 Å². The number of phenolic OH excluding ortho intramolecular Hbond substituents is 1. The van der Waals surface area contributed by atoms with E-state index in [1.807, 2.05) is 13.0 Å². The van der Waals surface area contributed by atoms with Crippen molar-refractivity contribution in [1.82, 2.24) is 0 Å². The summed E-state index contributed by atoms with van der Waals surface area (Å²) in [5, 5.41) is 13.8. The number of fused-ring (bicyclic) bond motifs is 2. The Bertz CT molecular complexity index is 1560. The summed E-state index contributed by atoms with van der Waals surface area (Å²) in [5.74, 6) is 8.33. The van der Waals surface area contributed by atoms with Gasteiger partial charge in [0.2, 0.25) is 0 Å². The number of hydrogen-bond donors (Lipinski definition) is 6. The Hall–Kier alpha value is -3.45. The van der Waals surface area contributed by atoms with Crippen LogP contribution in [0.2, 0.25) is 0 Å². The molecular weight excluding hydrogens is 614 g/mol. The Balaban J connectivity index is 2.00. The summed E-state index contributed by atoms with van der Waals surface area (Å²) in [7, 11) is -9.49. The highest BCUT2D eigenvalue weighted by Crippen LogP contribution is 2.52. The second-order valence-corrected chi connectivity index (χ2v) is 13.0. The fourth-order valence-electron chi connectivity index (χ4n) is 4.37. The average Bonchev–Trinajstić information content (AvgIpc) is 3.05. The van der Waals surface area contributed by atoms with Crippen LogP contribution in [0.4, 0.5) is 17.1 Å². The first-order chi connectivity index (χ1) is 20.7. The summed E-state index contributed by atoms with van der Waals surface area (Å²) < 4.78 is 42.6. The lowest BCUT2D eigenvalue weighted by atomic mass is 10.1. The zero-order valence-electron chi connectivity index (χ0n) is 24.9. The van der Waals surface area contributed by atoms with Crippen LogP contribution >= 0.6 is 15.6 Å². The van der Waals surface area contributed by atoms with Crippen molar-refractivity contribution in [3.05, 3.63) is 70.8 Å². The third kappa shape index (κ3) is 9.52. The number of nitrogens with zero attached hydrogens (tertiary/aromatic N) is 1. The van der Waals surface area contributed by atoms with Crippen molar-refractivity contribution < 1.29 is 47.1 Å². The highest BCUT2D eigenvalue weighted by Gasteiger charge is 2.34. The monoisotopic (exact) mass is 652 g/mol. The van der Waals surface area contributed by atoms with E-state index in [0.29, 0.717) is 0 Å². The van der Waals surface area contributed by atoms with Gasteiger partial charge >= 0.3 is 15.6 Å². The summed E-state index contributed by atoms with van der Waals surface area (Å²) in [4.78, 5) is 33.9. The number of rotatable bonds is 14. The summed E-state index contributed by atoms with van der Waals surface area (Å²) in [6.07, 6.45) is 9.69. The Kier molecular flexibility index (Phi) is 12.0. The number of benzene rings is 2. The molecule has 0 aromatic heterocycles. The number of para-hydroxylation sites is 1. The van der Waals surface area contributed by atoms with Crippen LogP contribution in [-0.4, -0.2) is 27.3 Å². The Morgan fingerprint density at radius 3 is 2.18 bits per heavy atom. The maximum Gasteiger partial charge on any atom is 0.563 e. The topological polar surface area (TPSA) is 216 Å². The van der Waals surface area contributed by atoms with Crippen molar-refractivity contribution in [2.75, 3.05) is 16.8 Å². The number of carbonyl (C=O) groups is 1. The molecule has 0 atom stereocenters. The number of allylic oxidation sites excluding steroid dienone is 5. The molecule has 8 N–H and O–H groups in total. The molecule has 1 aliphatic heterocycles. The van der Waals surface area contributed by atoms with E-state index in [4.69, 9.17) is 20.8 Å². The molecule has 1 amide bonds. The average molecular weight is 653 g/mol. The minimum Gasteiger partial charge on any atom is -0.506 e. The number of anilines is 3. The minimum absolute atomic E-state index is 0.0161. The zero-order chi connectivity index (χ0) is 32.7. The maximum atomic E-state index is 14.0. The summed E-state index contributed by atoms with van der Waals surface area (Å²) in [6, 6.07) is 6.39. The van der Waals surface area contributed by atoms with Crippen molar-refractivity contribution in [2.45, 2.75) is 53.4 Å². The zero-order valence-corrected chi connectivity index (χ0v) is 26.6. The molecule has 1 heterocycles. The van der Waals surface area contributed by atoms with E-state index in [0.717, 1.165) is 37.3 Å². The quantitative estimate of drug-likeness (QED) is 0.0576. The Labute approximate surface area is 255 Å². The number of phosphoric acid groups is 2. The Morgan fingerprint density at radius 2 is 1.57 bits per heavy atom. The Morgan fingerprint density at radius 1 is 0.932 bits per heavy atom. The van der Waals surface area contributed by atoms with Crippen molar-refractivity contribution in [1.29, 1.82) is 0 Å². The van der Waals surface area contributed by atoms with Gasteiger partial charge in [-0.1, -0.05) is 41.0 Å². The van der Waals surface area contributed by atoms with Gasteiger partial charge in [-0.25, -0.2) is 20.9 Å². The van der Waals surface area contributed by atoms with Crippen LogP contribution in [0.25, 0.3) is 0 Å². The lowest BCUT2D eigenvalue weighted by Crippen LogP contribution is -2.30. The van der Waals surface area contributed by atoms with Crippen LogP contribution in [0.15, 0.2) is 65.3 Å². The molecule has 0 saturated carbocycles. The van der Waals surface area contributed by atoms with Gasteiger partial charge in [0, 0.05) is 18.7 Å². The molecule has 2 aromatic carbocycles. The number of nitrogens with two attached hydrogens (primary N) is 2. The van der Waals surface area contributed by atoms with E-state index in [9.17, 15) is 28.8 Å².